The summed E-state index contributed by atoms with van der Waals surface area (Å²) < 4.78 is 16.6. The van der Waals surface area contributed by atoms with Gasteiger partial charge in [0.15, 0.2) is 10.8 Å². The van der Waals surface area contributed by atoms with Crippen molar-refractivity contribution in [2.45, 2.75) is 37.9 Å². The summed E-state index contributed by atoms with van der Waals surface area (Å²) in [6, 6.07) is 5.71. The maximum Gasteiger partial charge on any atom is 0.239 e. The molecule has 0 saturated heterocycles. The Bertz CT molecular complexity index is 927. The smallest absolute Gasteiger partial charge is 0.239 e. The number of rotatable bonds is 7. The number of thiazole rings is 1. The zero-order chi connectivity index (χ0) is 19.5. The highest BCUT2D eigenvalue weighted by atomic mass is 32.2. The standard InChI is InChI=1S/C19H23N5O2S2/c1-12-11-27-18(20-12)17-21-22-19(23-28-13-7-4-5-8-13)24(17)16-14(25-2)9-6-10-15(16)26-3/h6,9-11,13H,4-5,7-8H2,1-3H3,(H,22,23). The Morgan fingerprint density at radius 1 is 1.14 bits per heavy atom. The van der Waals surface area contributed by atoms with Crippen molar-refractivity contribution in [3.05, 3.63) is 29.3 Å². The van der Waals surface area contributed by atoms with Gasteiger partial charge >= 0.3 is 0 Å². The summed E-state index contributed by atoms with van der Waals surface area (Å²) >= 11 is 3.26. The van der Waals surface area contributed by atoms with Crippen LogP contribution in [0.2, 0.25) is 0 Å². The van der Waals surface area contributed by atoms with E-state index in [1.165, 1.54) is 25.7 Å². The van der Waals surface area contributed by atoms with Crippen molar-refractivity contribution >= 4 is 29.2 Å². The van der Waals surface area contributed by atoms with Crippen molar-refractivity contribution < 1.29 is 9.47 Å². The fourth-order valence-electron chi connectivity index (χ4n) is 3.35. The lowest BCUT2D eigenvalue weighted by atomic mass is 10.2. The van der Waals surface area contributed by atoms with Gasteiger partial charge in [-0.15, -0.1) is 21.5 Å². The molecule has 3 aromatic rings. The van der Waals surface area contributed by atoms with Crippen LogP contribution in [0.1, 0.15) is 31.4 Å². The van der Waals surface area contributed by atoms with Gasteiger partial charge < -0.3 is 9.47 Å². The molecule has 1 aliphatic carbocycles. The molecule has 0 unspecified atom stereocenters. The summed E-state index contributed by atoms with van der Waals surface area (Å²) in [5.41, 5.74) is 1.71. The van der Waals surface area contributed by atoms with Crippen molar-refractivity contribution in [2.24, 2.45) is 0 Å². The Morgan fingerprint density at radius 3 is 2.46 bits per heavy atom. The number of hydrogen-bond acceptors (Lipinski definition) is 8. The van der Waals surface area contributed by atoms with Gasteiger partial charge in [-0.05, 0) is 43.8 Å². The van der Waals surface area contributed by atoms with E-state index >= 15 is 0 Å². The average Bonchev–Trinajstić information content (AvgIpc) is 3.46. The Kier molecular flexibility index (Phi) is 5.72. The van der Waals surface area contributed by atoms with E-state index < -0.39 is 0 Å². The van der Waals surface area contributed by atoms with Crippen LogP contribution in [0.4, 0.5) is 5.95 Å². The zero-order valence-corrected chi connectivity index (χ0v) is 17.8. The van der Waals surface area contributed by atoms with Gasteiger partial charge in [-0.1, -0.05) is 18.9 Å². The van der Waals surface area contributed by atoms with Gasteiger partial charge in [0, 0.05) is 16.3 Å². The molecule has 0 amide bonds. The third-order valence-corrected chi connectivity index (χ3v) is 6.78. The minimum Gasteiger partial charge on any atom is -0.494 e. The molecule has 2 aromatic heterocycles. The summed E-state index contributed by atoms with van der Waals surface area (Å²) in [7, 11) is 3.30. The number of nitrogens with zero attached hydrogens (tertiary/aromatic N) is 4. The van der Waals surface area contributed by atoms with Gasteiger partial charge in [-0.2, -0.15) is 0 Å². The largest absolute Gasteiger partial charge is 0.494 e. The molecule has 9 heteroatoms. The van der Waals surface area contributed by atoms with E-state index in [1.54, 1.807) is 37.5 Å². The highest BCUT2D eigenvalue weighted by Crippen LogP contribution is 2.39. The van der Waals surface area contributed by atoms with Gasteiger partial charge in [0.2, 0.25) is 5.95 Å². The zero-order valence-electron chi connectivity index (χ0n) is 16.1. The quantitative estimate of drug-likeness (QED) is 0.558. The molecule has 1 aromatic carbocycles. The number of ether oxygens (including phenoxy) is 2. The average molecular weight is 418 g/mol. The molecule has 1 fully saturated rings. The molecule has 0 radical (unpaired) electrons. The molecule has 1 saturated carbocycles. The normalized spacial score (nSPS) is 14.4. The summed E-state index contributed by atoms with van der Waals surface area (Å²) in [5.74, 6) is 2.67. The van der Waals surface area contributed by atoms with E-state index in [1.807, 2.05) is 35.1 Å². The Morgan fingerprint density at radius 2 is 1.86 bits per heavy atom. The van der Waals surface area contributed by atoms with Crippen LogP contribution in [0.3, 0.4) is 0 Å². The molecular formula is C19H23N5O2S2. The summed E-state index contributed by atoms with van der Waals surface area (Å²) in [6.45, 7) is 1.97. The van der Waals surface area contributed by atoms with Crippen molar-refractivity contribution in [3.63, 3.8) is 0 Å². The molecule has 4 rings (SSSR count). The van der Waals surface area contributed by atoms with E-state index in [9.17, 15) is 0 Å². The second-order valence-corrected chi connectivity index (χ2v) is 8.58. The first-order valence-corrected chi connectivity index (χ1v) is 11.0. The molecule has 0 aliphatic heterocycles. The van der Waals surface area contributed by atoms with E-state index in [0.717, 1.165) is 16.4 Å². The van der Waals surface area contributed by atoms with Crippen LogP contribution < -0.4 is 14.2 Å². The second-order valence-electron chi connectivity index (χ2n) is 6.61. The Balaban J connectivity index is 1.82. The number of aryl methyl sites for hydroxylation is 1. The number of methoxy groups -OCH3 is 2. The lowest BCUT2D eigenvalue weighted by Crippen LogP contribution is -2.08. The molecule has 1 aliphatic rings. The highest BCUT2D eigenvalue weighted by Gasteiger charge is 2.25. The number of anilines is 1. The van der Waals surface area contributed by atoms with Crippen LogP contribution in [-0.4, -0.2) is 39.2 Å². The molecule has 148 valence electrons. The fourth-order valence-corrected chi connectivity index (χ4v) is 5.09. The van der Waals surface area contributed by atoms with Gasteiger partial charge in [0.25, 0.3) is 0 Å². The van der Waals surface area contributed by atoms with E-state index in [2.05, 4.69) is 19.9 Å². The molecule has 2 heterocycles. The molecule has 1 N–H and O–H groups in total. The minimum atomic E-state index is 0.593. The molecule has 7 nitrogen and oxygen atoms in total. The lowest BCUT2D eigenvalue weighted by molar-refractivity contribution is 0.391. The fraction of sp³-hybridized carbons (Fsp3) is 0.421. The molecule has 0 bridgehead atoms. The van der Waals surface area contributed by atoms with E-state index in [4.69, 9.17) is 9.47 Å². The second kappa shape index (κ2) is 8.40. The topological polar surface area (TPSA) is 74.1 Å². The van der Waals surface area contributed by atoms with Crippen LogP contribution in [0.25, 0.3) is 16.5 Å². The molecule has 0 atom stereocenters. The number of benzene rings is 1. The van der Waals surface area contributed by atoms with Gasteiger partial charge in [0.1, 0.15) is 17.2 Å². The first-order chi connectivity index (χ1) is 13.7. The molecule has 28 heavy (non-hydrogen) atoms. The maximum absolute atomic E-state index is 5.63. The number of nitrogens with one attached hydrogen (secondary N) is 1. The minimum absolute atomic E-state index is 0.593. The third-order valence-electron chi connectivity index (χ3n) is 4.72. The summed E-state index contributed by atoms with van der Waals surface area (Å²) in [5, 5.41) is 12.3. The van der Waals surface area contributed by atoms with Crippen molar-refractivity contribution in [1.82, 2.24) is 19.7 Å². The predicted molar refractivity (Wildman–Crippen MR) is 114 cm³/mol. The Labute approximate surface area is 172 Å². The summed E-state index contributed by atoms with van der Waals surface area (Å²) in [6.07, 6.45) is 5.02. The van der Waals surface area contributed by atoms with Crippen LogP contribution >= 0.6 is 23.3 Å². The predicted octanol–water partition coefficient (Wildman–Crippen LogP) is 4.72. The maximum atomic E-state index is 5.63. The summed E-state index contributed by atoms with van der Waals surface area (Å²) in [4.78, 5) is 4.61. The molecule has 0 spiro atoms. The Hall–Kier alpha value is -2.26. The lowest BCUT2D eigenvalue weighted by Gasteiger charge is -2.17. The van der Waals surface area contributed by atoms with Crippen molar-refractivity contribution in [1.29, 1.82) is 0 Å². The number of aromatic nitrogens is 4. The van der Waals surface area contributed by atoms with Crippen molar-refractivity contribution in [2.75, 3.05) is 18.9 Å². The van der Waals surface area contributed by atoms with Crippen LogP contribution in [0.5, 0.6) is 11.5 Å². The van der Waals surface area contributed by atoms with Gasteiger partial charge in [-0.25, -0.2) is 4.98 Å². The van der Waals surface area contributed by atoms with E-state index in [0.29, 0.717) is 28.5 Å². The van der Waals surface area contributed by atoms with Crippen LogP contribution in [0, 0.1) is 6.92 Å². The van der Waals surface area contributed by atoms with Crippen LogP contribution in [-0.2, 0) is 0 Å². The number of para-hydroxylation sites is 1. The first kappa shape index (κ1) is 19.1. The SMILES string of the molecule is COc1cccc(OC)c1-n1c(NSC2CCCC2)nnc1-c1nc(C)cs1. The van der Waals surface area contributed by atoms with Crippen LogP contribution in [0.15, 0.2) is 23.6 Å². The first-order valence-electron chi connectivity index (χ1n) is 9.22. The highest BCUT2D eigenvalue weighted by molar-refractivity contribution is 8.01. The van der Waals surface area contributed by atoms with Gasteiger partial charge in [0.05, 0.1) is 14.2 Å². The van der Waals surface area contributed by atoms with Crippen molar-refractivity contribution in [3.8, 4) is 28.0 Å². The third kappa shape index (κ3) is 3.68. The molecular weight excluding hydrogens is 394 g/mol. The monoisotopic (exact) mass is 417 g/mol. The van der Waals surface area contributed by atoms with Gasteiger partial charge in [-0.3, -0.25) is 9.29 Å². The number of hydrogen-bond donors (Lipinski definition) is 1. The van der Waals surface area contributed by atoms with E-state index in [-0.39, 0.29) is 0 Å².